The second-order valence-electron chi connectivity index (χ2n) is 4.63. The highest BCUT2D eigenvalue weighted by atomic mass is 35.5. The Hall–Kier alpha value is -2.25. The average molecular weight is 357 g/mol. The monoisotopic (exact) mass is 356 g/mol. The van der Waals surface area contributed by atoms with Crippen LogP contribution in [0.25, 0.3) is 0 Å². The molecule has 0 saturated heterocycles. The minimum Gasteiger partial charge on any atom is -0.486 e. The number of hydrogen-bond acceptors (Lipinski definition) is 4. The van der Waals surface area contributed by atoms with Crippen LogP contribution in [-0.2, 0) is 0 Å². The van der Waals surface area contributed by atoms with E-state index in [2.05, 4.69) is 27.1 Å². The van der Waals surface area contributed by atoms with Gasteiger partial charge in [-0.05, 0) is 19.1 Å². The molecule has 1 aromatic carbocycles. The van der Waals surface area contributed by atoms with E-state index in [1.165, 1.54) is 12.1 Å². The number of halogens is 2. The fourth-order valence-electron chi connectivity index (χ4n) is 1.81. The van der Waals surface area contributed by atoms with Crippen LogP contribution in [0.3, 0.4) is 0 Å². The molecule has 2 aromatic rings. The molecule has 3 N–H and O–H groups in total. The topological polar surface area (TPSA) is 99.9 Å². The molecule has 0 unspecified atom stereocenters. The van der Waals surface area contributed by atoms with Gasteiger partial charge in [0.15, 0.2) is 11.6 Å². The van der Waals surface area contributed by atoms with Crippen molar-refractivity contribution in [3.63, 3.8) is 0 Å². The SMILES string of the molecule is C=CCOc1c(Cl)cc(C(=O)N[C@H](C)c2n[nH]c(=O)[nH]2)cc1Cl. The lowest BCUT2D eigenvalue weighted by atomic mass is 10.2. The van der Waals surface area contributed by atoms with Crippen molar-refractivity contribution in [1.82, 2.24) is 20.5 Å². The number of ether oxygens (including phenoxy) is 1. The Morgan fingerprint density at radius 1 is 1.48 bits per heavy atom. The van der Waals surface area contributed by atoms with Crippen molar-refractivity contribution in [1.29, 1.82) is 0 Å². The third kappa shape index (κ3) is 4.14. The highest BCUT2D eigenvalue weighted by Crippen LogP contribution is 2.34. The zero-order valence-electron chi connectivity index (χ0n) is 12.2. The summed E-state index contributed by atoms with van der Waals surface area (Å²) >= 11 is 12.2. The maximum Gasteiger partial charge on any atom is 0.340 e. The second-order valence-corrected chi connectivity index (χ2v) is 5.44. The van der Waals surface area contributed by atoms with Crippen LogP contribution in [0.1, 0.15) is 29.1 Å². The molecule has 0 radical (unpaired) electrons. The standard InChI is InChI=1S/C14H14Cl2N4O3/c1-3-4-23-11-9(15)5-8(6-10(11)16)13(21)17-7(2)12-18-14(22)20-19-12/h3,5-7H,1,4H2,2H3,(H,17,21)(H2,18,19,20,22)/t7-/m1/s1. The lowest BCUT2D eigenvalue weighted by Crippen LogP contribution is -2.27. The molecule has 0 aliphatic rings. The first-order chi connectivity index (χ1) is 10.9. The summed E-state index contributed by atoms with van der Waals surface area (Å²) in [5, 5.41) is 9.09. The third-order valence-corrected chi connectivity index (χ3v) is 3.44. The Labute approximate surface area is 141 Å². The molecular formula is C14H14Cl2N4O3. The number of H-pyrrole nitrogens is 2. The number of nitrogens with one attached hydrogen (secondary N) is 3. The molecule has 23 heavy (non-hydrogen) atoms. The van der Waals surface area contributed by atoms with Gasteiger partial charge in [-0.15, -0.1) is 0 Å². The van der Waals surface area contributed by atoms with Gasteiger partial charge in [-0.25, -0.2) is 9.89 Å². The van der Waals surface area contributed by atoms with E-state index in [-0.39, 0.29) is 28.0 Å². The highest BCUT2D eigenvalue weighted by molar-refractivity contribution is 6.37. The van der Waals surface area contributed by atoms with Crippen LogP contribution in [0, 0.1) is 0 Å². The molecule has 122 valence electrons. The summed E-state index contributed by atoms with van der Waals surface area (Å²) < 4.78 is 5.34. The minimum atomic E-state index is -0.504. The van der Waals surface area contributed by atoms with Crippen LogP contribution in [0.4, 0.5) is 0 Å². The summed E-state index contributed by atoms with van der Waals surface area (Å²) in [6.07, 6.45) is 1.56. The molecular weight excluding hydrogens is 343 g/mol. The first-order valence-corrected chi connectivity index (χ1v) is 7.36. The molecule has 2 rings (SSSR count). The van der Waals surface area contributed by atoms with Crippen LogP contribution in [0.5, 0.6) is 5.75 Å². The van der Waals surface area contributed by atoms with Gasteiger partial charge in [-0.3, -0.25) is 9.78 Å². The molecule has 0 aliphatic heterocycles. The van der Waals surface area contributed by atoms with Crippen LogP contribution >= 0.6 is 23.2 Å². The maximum atomic E-state index is 12.2. The van der Waals surface area contributed by atoms with Crippen LogP contribution < -0.4 is 15.7 Å². The number of benzene rings is 1. The van der Waals surface area contributed by atoms with Gasteiger partial charge in [-0.2, -0.15) is 5.10 Å². The summed E-state index contributed by atoms with van der Waals surface area (Å²) in [5.74, 6) is 0.182. The van der Waals surface area contributed by atoms with Crippen LogP contribution in [-0.4, -0.2) is 27.7 Å². The zero-order valence-corrected chi connectivity index (χ0v) is 13.7. The summed E-state index contributed by atoms with van der Waals surface area (Å²) in [6, 6.07) is 2.39. The van der Waals surface area contributed by atoms with E-state index in [4.69, 9.17) is 27.9 Å². The Morgan fingerprint density at radius 2 is 2.13 bits per heavy atom. The highest BCUT2D eigenvalue weighted by Gasteiger charge is 2.17. The summed E-state index contributed by atoms with van der Waals surface area (Å²) in [4.78, 5) is 25.7. The van der Waals surface area contributed by atoms with Crippen molar-refractivity contribution in [2.75, 3.05) is 6.61 Å². The van der Waals surface area contributed by atoms with E-state index in [0.717, 1.165) is 0 Å². The molecule has 9 heteroatoms. The smallest absolute Gasteiger partial charge is 0.340 e. The number of aromatic amines is 2. The Morgan fingerprint density at radius 3 is 2.65 bits per heavy atom. The van der Waals surface area contributed by atoms with Gasteiger partial charge in [0.25, 0.3) is 5.91 Å². The number of carbonyl (C=O) groups is 1. The molecule has 0 bridgehead atoms. The van der Waals surface area contributed by atoms with E-state index in [9.17, 15) is 9.59 Å². The van der Waals surface area contributed by atoms with Crippen molar-refractivity contribution in [3.05, 3.63) is 56.7 Å². The van der Waals surface area contributed by atoms with E-state index in [1.807, 2.05) is 0 Å². The van der Waals surface area contributed by atoms with Gasteiger partial charge < -0.3 is 10.1 Å². The van der Waals surface area contributed by atoms with Crippen molar-refractivity contribution < 1.29 is 9.53 Å². The lowest BCUT2D eigenvalue weighted by molar-refractivity contribution is 0.0938. The van der Waals surface area contributed by atoms with Gasteiger partial charge in [0.05, 0.1) is 16.1 Å². The molecule has 1 amide bonds. The molecule has 0 saturated carbocycles. The summed E-state index contributed by atoms with van der Waals surface area (Å²) in [5.41, 5.74) is -0.188. The predicted octanol–water partition coefficient (Wildman–Crippen LogP) is 2.46. The molecule has 7 nitrogen and oxygen atoms in total. The second kappa shape index (κ2) is 7.34. The van der Waals surface area contributed by atoms with Crippen LogP contribution in [0.2, 0.25) is 10.0 Å². The van der Waals surface area contributed by atoms with Gasteiger partial charge >= 0.3 is 5.69 Å². The van der Waals surface area contributed by atoms with Crippen molar-refractivity contribution in [3.8, 4) is 5.75 Å². The Balaban J connectivity index is 2.16. The largest absolute Gasteiger partial charge is 0.486 e. The summed E-state index contributed by atoms with van der Waals surface area (Å²) in [7, 11) is 0. The van der Waals surface area contributed by atoms with Crippen LogP contribution in [0.15, 0.2) is 29.6 Å². The van der Waals surface area contributed by atoms with Gasteiger partial charge in [-0.1, -0.05) is 35.9 Å². The normalized spacial score (nSPS) is 11.8. The fourth-order valence-corrected chi connectivity index (χ4v) is 2.40. The number of aromatic nitrogens is 3. The maximum absolute atomic E-state index is 12.2. The minimum absolute atomic E-state index is 0.213. The number of nitrogens with zero attached hydrogens (tertiary/aromatic N) is 1. The van der Waals surface area contributed by atoms with E-state index in [1.54, 1.807) is 13.0 Å². The molecule has 1 atom stereocenters. The molecule has 0 aliphatic carbocycles. The molecule has 0 spiro atoms. The quantitative estimate of drug-likeness (QED) is 0.692. The lowest BCUT2D eigenvalue weighted by Gasteiger charge is -2.13. The van der Waals surface area contributed by atoms with Crippen molar-refractivity contribution in [2.24, 2.45) is 0 Å². The number of carbonyl (C=O) groups excluding carboxylic acids is 1. The first kappa shape index (κ1) is 17.1. The van der Waals surface area contributed by atoms with Gasteiger partial charge in [0.1, 0.15) is 6.61 Å². The van der Waals surface area contributed by atoms with Gasteiger partial charge in [0.2, 0.25) is 0 Å². The third-order valence-electron chi connectivity index (χ3n) is 2.88. The zero-order chi connectivity index (χ0) is 17.0. The van der Waals surface area contributed by atoms with E-state index < -0.39 is 17.6 Å². The number of amides is 1. The Kier molecular flexibility index (Phi) is 5.46. The first-order valence-electron chi connectivity index (χ1n) is 6.60. The van der Waals surface area contributed by atoms with E-state index >= 15 is 0 Å². The molecule has 1 heterocycles. The van der Waals surface area contributed by atoms with Crippen molar-refractivity contribution in [2.45, 2.75) is 13.0 Å². The predicted molar refractivity (Wildman–Crippen MR) is 87.2 cm³/mol. The Bertz CT molecular complexity index is 761. The molecule has 1 aromatic heterocycles. The van der Waals surface area contributed by atoms with Crippen molar-refractivity contribution >= 4 is 29.1 Å². The summed E-state index contributed by atoms with van der Waals surface area (Å²) in [6.45, 7) is 5.46. The molecule has 0 fully saturated rings. The average Bonchev–Trinajstić information content (AvgIpc) is 2.93. The van der Waals surface area contributed by atoms with E-state index in [0.29, 0.717) is 5.82 Å². The fraction of sp³-hybridized carbons (Fsp3) is 0.214. The number of hydrogen-bond donors (Lipinski definition) is 3. The van der Waals surface area contributed by atoms with Gasteiger partial charge in [0, 0.05) is 5.56 Å². The number of rotatable bonds is 6.